The second-order valence-electron chi connectivity index (χ2n) is 3.36. The molecule has 3 heteroatoms. The molecule has 1 aliphatic heterocycles. The number of nitrogens with zero attached hydrogens (tertiary/aromatic N) is 1. The predicted octanol–water partition coefficient (Wildman–Crippen LogP) is 1.87. The summed E-state index contributed by atoms with van der Waals surface area (Å²) in [7, 11) is 1.44. The summed E-state index contributed by atoms with van der Waals surface area (Å²) < 4.78 is 4.65. The molecule has 0 spiro atoms. The van der Waals surface area contributed by atoms with Gasteiger partial charge < -0.3 is 9.64 Å². The van der Waals surface area contributed by atoms with Crippen molar-refractivity contribution in [3.05, 3.63) is 0 Å². The lowest BCUT2D eigenvalue weighted by molar-refractivity contribution is 0.131. The third-order valence-electron chi connectivity index (χ3n) is 2.42. The van der Waals surface area contributed by atoms with E-state index in [1.807, 2.05) is 0 Å². The van der Waals surface area contributed by atoms with Gasteiger partial charge >= 0.3 is 6.09 Å². The minimum Gasteiger partial charge on any atom is -0.453 e. The second-order valence-corrected chi connectivity index (χ2v) is 3.36. The summed E-state index contributed by atoms with van der Waals surface area (Å²) >= 11 is 0. The average Bonchev–Trinajstić information content (AvgIpc) is 2.52. The van der Waals surface area contributed by atoms with Crippen LogP contribution in [-0.4, -0.2) is 31.2 Å². The highest BCUT2D eigenvalue weighted by atomic mass is 16.5. The Labute approximate surface area is 73.7 Å². The molecule has 0 bridgehead atoms. The SMILES string of the molecule is CCCC1CCN(C(=O)OC)C1. The molecular weight excluding hydrogens is 154 g/mol. The van der Waals surface area contributed by atoms with Gasteiger partial charge in [0, 0.05) is 13.1 Å². The molecule has 1 heterocycles. The van der Waals surface area contributed by atoms with Crippen LogP contribution in [0.5, 0.6) is 0 Å². The van der Waals surface area contributed by atoms with Crippen LogP contribution in [0.3, 0.4) is 0 Å². The Morgan fingerprint density at radius 2 is 2.42 bits per heavy atom. The molecule has 70 valence electrons. The van der Waals surface area contributed by atoms with Crippen molar-refractivity contribution in [3.63, 3.8) is 0 Å². The van der Waals surface area contributed by atoms with Gasteiger partial charge in [0.15, 0.2) is 0 Å². The fourth-order valence-electron chi connectivity index (χ4n) is 1.77. The van der Waals surface area contributed by atoms with Crippen LogP contribution in [0.1, 0.15) is 26.2 Å². The van der Waals surface area contributed by atoms with E-state index < -0.39 is 0 Å². The molecule has 0 saturated carbocycles. The van der Waals surface area contributed by atoms with Crippen molar-refractivity contribution in [2.24, 2.45) is 5.92 Å². The van der Waals surface area contributed by atoms with E-state index in [0.29, 0.717) is 5.92 Å². The molecule has 0 radical (unpaired) electrons. The Hall–Kier alpha value is -0.730. The number of hydrogen-bond acceptors (Lipinski definition) is 2. The van der Waals surface area contributed by atoms with Crippen LogP contribution < -0.4 is 0 Å². The smallest absolute Gasteiger partial charge is 0.409 e. The van der Waals surface area contributed by atoms with Crippen LogP contribution >= 0.6 is 0 Å². The summed E-state index contributed by atoms with van der Waals surface area (Å²) in [6.45, 7) is 3.94. The van der Waals surface area contributed by atoms with Crippen LogP contribution in [0.15, 0.2) is 0 Å². The van der Waals surface area contributed by atoms with Gasteiger partial charge in [0.1, 0.15) is 0 Å². The third-order valence-corrected chi connectivity index (χ3v) is 2.42. The van der Waals surface area contributed by atoms with Crippen molar-refractivity contribution in [2.75, 3.05) is 20.2 Å². The van der Waals surface area contributed by atoms with Crippen molar-refractivity contribution in [1.29, 1.82) is 0 Å². The zero-order valence-corrected chi connectivity index (χ0v) is 7.88. The van der Waals surface area contributed by atoms with Gasteiger partial charge in [0.2, 0.25) is 0 Å². The standard InChI is InChI=1S/C9H17NO2/c1-3-4-8-5-6-10(7-8)9(11)12-2/h8H,3-7H2,1-2H3. The van der Waals surface area contributed by atoms with E-state index in [-0.39, 0.29) is 6.09 Å². The number of ether oxygens (including phenoxy) is 1. The zero-order valence-electron chi connectivity index (χ0n) is 7.88. The maximum Gasteiger partial charge on any atom is 0.409 e. The normalized spacial score (nSPS) is 22.8. The number of rotatable bonds is 2. The van der Waals surface area contributed by atoms with Gasteiger partial charge in [-0.15, -0.1) is 0 Å². The maximum atomic E-state index is 11.1. The highest BCUT2D eigenvalue weighted by Crippen LogP contribution is 2.20. The summed E-state index contributed by atoms with van der Waals surface area (Å²) in [6, 6.07) is 0. The molecule has 0 aromatic rings. The average molecular weight is 171 g/mol. The lowest BCUT2D eigenvalue weighted by Gasteiger charge is -2.13. The first kappa shape index (κ1) is 9.36. The minimum atomic E-state index is -0.173. The van der Waals surface area contributed by atoms with Crippen molar-refractivity contribution < 1.29 is 9.53 Å². The molecule has 0 aromatic carbocycles. The van der Waals surface area contributed by atoms with Crippen molar-refractivity contribution in [2.45, 2.75) is 26.2 Å². The number of likely N-dealkylation sites (tertiary alicyclic amines) is 1. The van der Waals surface area contributed by atoms with E-state index in [2.05, 4.69) is 11.7 Å². The Morgan fingerprint density at radius 3 is 3.00 bits per heavy atom. The zero-order chi connectivity index (χ0) is 8.97. The molecular formula is C9H17NO2. The molecule has 1 unspecified atom stereocenters. The Bertz CT molecular complexity index is 159. The van der Waals surface area contributed by atoms with E-state index in [1.165, 1.54) is 20.0 Å². The molecule has 1 atom stereocenters. The molecule has 3 nitrogen and oxygen atoms in total. The summed E-state index contributed by atoms with van der Waals surface area (Å²) in [5.74, 6) is 0.703. The van der Waals surface area contributed by atoms with Gasteiger partial charge in [-0.05, 0) is 18.8 Å². The first-order chi connectivity index (χ1) is 5.77. The third kappa shape index (κ3) is 2.13. The number of methoxy groups -OCH3 is 1. The molecule has 1 fully saturated rings. The Morgan fingerprint density at radius 1 is 1.67 bits per heavy atom. The number of hydrogen-bond donors (Lipinski definition) is 0. The van der Waals surface area contributed by atoms with Gasteiger partial charge in [-0.3, -0.25) is 0 Å². The Balaban J connectivity index is 2.30. The van der Waals surface area contributed by atoms with Gasteiger partial charge in [-0.2, -0.15) is 0 Å². The van der Waals surface area contributed by atoms with Gasteiger partial charge in [0.05, 0.1) is 7.11 Å². The molecule has 0 N–H and O–H groups in total. The largest absolute Gasteiger partial charge is 0.453 e. The predicted molar refractivity (Wildman–Crippen MR) is 47.0 cm³/mol. The summed E-state index contributed by atoms with van der Waals surface area (Å²) in [6.07, 6.45) is 3.41. The van der Waals surface area contributed by atoms with E-state index in [4.69, 9.17) is 0 Å². The van der Waals surface area contributed by atoms with Crippen LogP contribution in [0.2, 0.25) is 0 Å². The first-order valence-corrected chi connectivity index (χ1v) is 4.60. The topological polar surface area (TPSA) is 29.5 Å². The fraction of sp³-hybridized carbons (Fsp3) is 0.889. The fourth-order valence-corrected chi connectivity index (χ4v) is 1.77. The van der Waals surface area contributed by atoms with Crippen molar-refractivity contribution in [1.82, 2.24) is 4.90 Å². The number of carbonyl (C=O) groups excluding carboxylic acids is 1. The lowest BCUT2D eigenvalue weighted by Crippen LogP contribution is -2.28. The highest BCUT2D eigenvalue weighted by molar-refractivity contribution is 5.67. The summed E-state index contributed by atoms with van der Waals surface area (Å²) in [5, 5.41) is 0. The quantitative estimate of drug-likeness (QED) is 0.634. The monoisotopic (exact) mass is 171 g/mol. The van der Waals surface area contributed by atoms with Crippen LogP contribution in [0.25, 0.3) is 0 Å². The van der Waals surface area contributed by atoms with Crippen LogP contribution in [0, 0.1) is 5.92 Å². The van der Waals surface area contributed by atoms with Crippen molar-refractivity contribution >= 4 is 6.09 Å². The molecule has 1 aliphatic rings. The number of carbonyl (C=O) groups is 1. The molecule has 1 rings (SSSR count). The Kier molecular flexibility index (Phi) is 3.38. The molecule has 0 aromatic heterocycles. The van der Waals surface area contributed by atoms with E-state index >= 15 is 0 Å². The molecule has 12 heavy (non-hydrogen) atoms. The molecule has 0 aliphatic carbocycles. The van der Waals surface area contributed by atoms with Crippen LogP contribution in [0.4, 0.5) is 4.79 Å². The molecule has 1 saturated heterocycles. The molecule has 1 amide bonds. The van der Waals surface area contributed by atoms with Gasteiger partial charge in [-0.25, -0.2) is 4.79 Å². The van der Waals surface area contributed by atoms with Gasteiger partial charge in [0.25, 0.3) is 0 Å². The lowest BCUT2D eigenvalue weighted by atomic mass is 10.0. The van der Waals surface area contributed by atoms with E-state index in [1.54, 1.807) is 4.90 Å². The van der Waals surface area contributed by atoms with Crippen molar-refractivity contribution in [3.8, 4) is 0 Å². The summed E-state index contributed by atoms with van der Waals surface area (Å²) in [4.78, 5) is 12.9. The number of amides is 1. The maximum absolute atomic E-state index is 11.1. The minimum absolute atomic E-state index is 0.173. The van der Waals surface area contributed by atoms with Crippen LogP contribution in [-0.2, 0) is 4.74 Å². The van der Waals surface area contributed by atoms with E-state index in [0.717, 1.165) is 19.5 Å². The second kappa shape index (κ2) is 4.33. The van der Waals surface area contributed by atoms with Gasteiger partial charge in [-0.1, -0.05) is 13.3 Å². The highest BCUT2D eigenvalue weighted by Gasteiger charge is 2.25. The first-order valence-electron chi connectivity index (χ1n) is 4.60. The summed E-state index contributed by atoms with van der Waals surface area (Å²) in [5.41, 5.74) is 0. The van der Waals surface area contributed by atoms with E-state index in [9.17, 15) is 4.79 Å².